The van der Waals surface area contributed by atoms with Crippen LogP contribution in [-0.4, -0.2) is 16.9 Å². The van der Waals surface area contributed by atoms with E-state index in [1.807, 2.05) is 55.6 Å². The summed E-state index contributed by atoms with van der Waals surface area (Å²) < 4.78 is 6.60. The summed E-state index contributed by atoms with van der Waals surface area (Å²) >= 11 is 1.68. The van der Waals surface area contributed by atoms with Crippen molar-refractivity contribution in [2.75, 3.05) is 5.32 Å². The summed E-state index contributed by atoms with van der Waals surface area (Å²) in [7, 11) is 0. The highest BCUT2D eigenvalue weighted by Gasteiger charge is 2.21. The zero-order valence-electron chi connectivity index (χ0n) is 16.7. The molecule has 0 aliphatic carbocycles. The molecule has 2 atom stereocenters. The third-order valence-electron chi connectivity index (χ3n) is 4.93. The largest absolute Gasteiger partial charge is 0.463 e. The number of amides is 1. The number of carbonyl (C=O) groups is 1. The van der Waals surface area contributed by atoms with E-state index in [2.05, 4.69) is 30.4 Å². The molecule has 0 bridgehead atoms. The van der Waals surface area contributed by atoms with Crippen LogP contribution in [0.5, 0.6) is 0 Å². The van der Waals surface area contributed by atoms with Crippen LogP contribution in [0.3, 0.4) is 0 Å². The number of rotatable bonds is 6. The molecule has 6 heteroatoms. The lowest BCUT2D eigenvalue weighted by molar-refractivity contribution is -0.711. The molecule has 148 valence electrons. The normalized spacial score (nSPS) is 13.3. The van der Waals surface area contributed by atoms with Crippen LogP contribution in [-0.2, 0) is 4.79 Å². The van der Waals surface area contributed by atoms with Crippen molar-refractivity contribution in [3.63, 3.8) is 0 Å². The van der Waals surface area contributed by atoms with Crippen molar-refractivity contribution in [3.8, 4) is 10.6 Å². The molecule has 2 heterocycles. The zero-order chi connectivity index (χ0) is 20.4. The fourth-order valence-electron chi connectivity index (χ4n) is 3.27. The maximum absolute atomic E-state index is 12.5. The van der Waals surface area contributed by atoms with Gasteiger partial charge in [-0.25, -0.2) is 4.98 Å². The third-order valence-corrected chi connectivity index (χ3v) is 5.99. The lowest BCUT2D eigenvalue weighted by Crippen LogP contribution is -2.91. The Morgan fingerprint density at radius 2 is 1.93 bits per heavy atom. The van der Waals surface area contributed by atoms with Gasteiger partial charge in [0.15, 0.2) is 11.8 Å². The number of nitrogens with two attached hydrogens (primary N) is 1. The van der Waals surface area contributed by atoms with Crippen molar-refractivity contribution in [3.05, 3.63) is 72.2 Å². The number of furan rings is 1. The first-order chi connectivity index (χ1) is 14.0. The Morgan fingerprint density at radius 1 is 1.14 bits per heavy atom. The van der Waals surface area contributed by atoms with E-state index in [9.17, 15) is 4.79 Å². The van der Waals surface area contributed by atoms with Crippen LogP contribution in [0.2, 0.25) is 0 Å². The first-order valence-corrected chi connectivity index (χ1v) is 10.5. The van der Waals surface area contributed by atoms with Gasteiger partial charge in [0.1, 0.15) is 11.0 Å². The first-order valence-electron chi connectivity index (χ1n) is 9.66. The number of anilines is 1. The predicted molar refractivity (Wildman–Crippen MR) is 117 cm³/mol. The van der Waals surface area contributed by atoms with Gasteiger partial charge >= 0.3 is 0 Å². The zero-order valence-corrected chi connectivity index (χ0v) is 17.5. The smallest absolute Gasteiger partial charge is 0.282 e. The molecule has 2 aromatic heterocycles. The average Bonchev–Trinajstić information content (AvgIpc) is 3.38. The Bertz CT molecular complexity index is 1120. The third kappa shape index (κ3) is 4.39. The Kier molecular flexibility index (Phi) is 5.47. The molecular weight excluding hydrogens is 382 g/mol. The van der Waals surface area contributed by atoms with E-state index in [0.717, 1.165) is 27.5 Å². The SMILES string of the molecule is Cc1ccc2nc(-c3ccc(NC(=O)[C@H](C)[NH2+][C@@H](C)c4ccco4)cc3)sc2c1. The second kappa shape index (κ2) is 8.19. The number of aromatic nitrogens is 1. The van der Waals surface area contributed by atoms with E-state index >= 15 is 0 Å². The number of hydrogen-bond donors (Lipinski definition) is 2. The summed E-state index contributed by atoms with van der Waals surface area (Å²) in [5.74, 6) is 0.826. The maximum Gasteiger partial charge on any atom is 0.282 e. The summed E-state index contributed by atoms with van der Waals surface area (Å²) in [6.07, 6.45) is 1.65. The Morgan fingerprint density at radius 3 is 2.66 bits per heavy atom. The van der Waals surface area contributed by atoms with Crippen molar-refractivity contribution in [2.45, 2.75) is 32.9 Å². The van der Waals surface area contributed by atoms with Crippen LogP contribution < -0.4 is 10.6 Å². The van der Waals surface area contributed by atoms with E-state index in [0.29, 0.717) is 0 Å². The minimum atomic E-state index is -0.234. The standard InChI is InChI=1S/C23H23N3O2S/c1-14-6-11-19-21(13-14)29-23(26-19)17-7-9-18(10-8-17)25-22(27)16(3)24-15(2)20-5-4-12-28-20/h4-13,15-16,24H,1-3H3,(H,25,27)/p+1/t15-,16-/m0/s1. The molecule has 5 nitrogen and oxygen atoms in total. The number of benzene rings is 2. The molecule has 0 unspecified atom stereocenters. The van der Waals surface area contributed by atoms with Gasteiger partial charge in [-0.3, -0.25) is 4.79 Å². The summed E-state index contributed by atoms with van der Waals surface area (Å²) in [6, 6.07) is 17.8. The highest BCUT2D eigenvalue weighted by atomic mass is 32.1. The average molecular weight is 407 g/mol. The van der Waals surface area contributed by atoms with Gasteiger partial charge in [-0.2, -0.15) is 0 Å². The quantitative estimate of drug-likeness (QED) is 0.495. The molecule has 1 amide bonds. The number of carbonyl (C=O) groups excluding carboxylic acids is 1. The Balaban J connectivity index is 1.41. The van der Waals surface area contributed by atoms with Crippen LogP contribution >= 0.6 is 11.3 Å². The topological polar surface area (TPSA) is 71.7 Å². The van der Waals surface area contributed by atoms with Gasteiger partial charge in [0.25, 0.3) is 5.91 Å². The lowest BCUT2D eigenvalue weighted by atomic mass is 10.2. The van der Waals surface area contributed by atoms with E-state index in [4.69, 9.17) is 9.40 Å². The molecule has 0 fully saturated rings. The molecular formula is C23H24N3O2S+. The van der Waals surface area contributed by atoms with E-state index < -0.39 is 0 Å². The molecule has 0 saturated carbocycles. The second-order valence-corrected chi connectivity index (χ2v) is 8.37. The second-order valence-electron chi connectivity index (χ2n) is 7.34. The van der Waals surface area contributed by atoms with Crippen LogP contribution in [0.4, 0.5) is 5.69 Å². The van der Waals surface area contributed by atoms with Crippen LogP contribution in [0.15, 0.2) is 65.3 Å². The Labute approximate surface area is 173 Å². The predicted octanol–water partition coefficient (Wildman–Crippen LogP) is 4.52. The molecule has 3 N–H and O–H groups in total. The highest BCUT2D eigenvalue weighted by Crippen LogP contribution is 2.31. The summed E-state index contributed by atoms with van der Waals surface area (Å²) in [5.41, 5.74) is 4.08. The molecule has 0 aliphatic heterocycles. The van der Waals surface area contributed by atoms with Crippen molar-refractivity contribution >= 4 is 33.1 Å². The van der Waals surface area contributed by atoms with Gasteiger partial charge in [0.2, 0.25) is 0 Å². The van der Waals surface area contributed by atoms with Gasteiger partial charge in [0, 0.05) is 11.3 Å². The number of aryl methyl sites for hydroxylation is 1. The molecule has 0 aliphatic rings. The number of nitrogens with zero attached hydrogens (tertiary/aromatic N) is 1. The lowest BCUT2D eigenvalue weighted by Gasteiger charge is -2.15. The number of nitrogens with one attached hydrogen (secondary N) is 1. The molecule has 29 heavy (non-hydrogen) atoms. The van der Waals surface area contributed by atoms with Crippen molar-refractivity contribution in [2.24, 2.45) is 0 Å². The van der Waals surface area contributed by atoms with Crippen LogP contribution in [0, 0.1) is 6.92 Å². The number of fused-ring (bicyclic) bond motifs is 1. The Hall–Kier alpha value is -2.96. The first kappa shape index (κ1) is 19.4. The summed E-state index contributed by atoms with van der Waals surface area (Å²) in [6.45, 7) is 6.01. The van der Waals surface area contributed by atoms with E-state index in [1.54, 1.807) is 17.6 Å². The molecule has 2 aromatic carbocycles. The minimum Gasteiger partial charge on any atom is -0.463 e. The van der Waals surface area contributed by atoms with Gasteiger partial charge in [-0.15, -0.1) is 11.3 Å². The molecule has 0 radical (unpaired) electrons. The fraction of sp³-hybridized carbons (Fsp3) is 0.217. The maximum atomic E-state index is 12.5. The molecule has 0 spiro atoms. The van der Waals surface area contributed by atoms with Crippen molar-refractivity contribution < 1.29 is 14.5 Å². The van der Waals surface area contributed by atoms with Crippen molar-refractivity contribution in [1.29, 1.82) is 0 Å². The number of thiazole rings is 1. The van der Waals surface area contributed by atoms with Gasteiger partial charge < -0.3 is 15.1 Å². The van der Waals surface area contributed by atoms with Gasteiger partial charge in [-0.05, 0) is 74.9 Å². The molecule has 4 aromatic rings. The molecule has 4 rings (SSSR count). The highest BCUT2D eigenvalue weighted by molar-refractivity contribution is 7.21. The van der Waals surface area contributed by atoms with E-state index in [1.165, 1.54) is 10.3 Å². The van der Waals surface area contributed by atoms with E-state index in [-0.39, 0.29) is 18.0 Å². The number of quaternary nitrogens is 1. The number of hydrogen-bond acceptors (Lipinski definition) is 4. The van der Waals surface area contributed by atoms with Crippen LogP contribution in [0.25, 0.3) is 20.8 Å². The minimum absolute atomic E-state index is 0.0355. The van der Waals surface area contributed by atoms with Crippen LogP contribution in [0.1, 0.15) is 31.2 Å². The monoisotopic (exact) mass is 406 g/mol. The van der Waals surface area contributed by atoms with Gasteiger partial charge in [-0.1, -0.05) is 6.07 Å². The fourth-order valence-corrected chi connectivity index (χ4v) is 4.34. The van der Waals surface area contributed by atoms with Crippen molar-refractivity contribution in [1.82, 2.24) is 4.98 Å². The van der Waals surface area contributed by atoms with Gasteiger partial charge in [0.05, 0.1) is 16.5 Å². The summed E-state index contributed by atoms with van der Waals surface area (Å²) in [5, 5.41) is 5.96. The summed E-state index contributed by atoms with van der Waals surface area (Å²) in [4.78, 5) is 17.3. The molecule has 0 saturated heterocycles.